The third-order valence-corrected chi connectivity index (χ3v) is 9.47. The molecule has 0 aromatic heterocycles. The van der Waals surface area contributed by atoms with Crippen LogP contribution in [-0.4, -0.2) is 84.7 Å². The van der Waals surface area contributed by atoms with Crippen LogP contribution in [0.3, 0.4) is 0 Å². The second-order valence-electron chi connectivity index (χ2n) is 13.3. The Labute approximate surface area is 266 Å². The predicted molar refractivity (Wildman–Crippen MR) is 176 cm³/mol. The summed E-state index contributed by atoms with van der Waals surface area (Å²) >= 11 is 0. The summed E-state index contributed by atoms with van der Waals surface area (Å²) in [4.78, 5) is 42.1. The number of anilines is 1. The number of nitrogens with one attached hydrogen (secondary N) is 6. The molecular formula is C34H48N8O3. The quantitative estimate of drug-likeness (QED) is 0.227. The molecule has 11 nitrogen and oxygen atoms in total. The van der Waals surface area contributed by atoms with E-state index in [0.717, 1.165) is 31.2 Å². The molecule has 2 heterocycles. The molecule has 0 bridgehead atoms. The van der Waals surface area contributed by atoms with E-state index >= 15 is 0 Å². The molecule has 4 amide bonds. The number of carbonyl (C=O) groups excluding carboxylic acids is 3. The molecule has 2 aliphatic heterocycles. The molecule has 4 atom stereocenters. The number of likely N-dealkylation sites (N-methyl/N-ethyl adjacent to an activating group) is 1. The molecule has 2 aromatic rings. The van der Waals surface area contributed by atoms with Gasteiger partial charge in [-0.25, -0.2) is 10.2 Å². The lowest BCUT2D eigenvalue weighted by Crippen LogP contribution is -2.58. The van der Waals surface area contributed by atoms with Gasteiger partial charge < -0.3 is 25.8 Å². The van der Waals surface area contributed by atoms with Crippen LogP contribution in [0.2, 0.25) is 0 Å². The lowest BCUT2D eigenvalue weighted by Gasteiger charge is -2.37. The monoisotopic (exact) mass is 616 g/mol. The van der Waals surface area contributed by atoms with Crippen molar-refractivity contribution in [3.05, 3.63) is 78.4 Å². The number of fused-ring (bicyclic) bond motifs is 1. The van der Waals surface area contributed by atoms with Crippen molar-refractivity contribution in [1.82, 2.24) is 36.6 Å². The molecule has 11 heteroatoms. The first-order valence-corrected chi connectivity index (χ1v) is 15.9. The fourth-order valence-corrected chi connectivity index (χ4v) is 6.96. The number of benzene rings is 2. The first-order chi connectivity index (χ1) is 21.5. The van der Waals surface area contributed by atoms with E-state index in [1.807, 2.05) is 37.2 Å². The van der Waals surface area contributed by atoms with E-state index in [1.165, 1.54) is 6.08 Å². The Hall–Kier alpha value is -3.77. The van der Waals surface area contributed by atoms with Gasteiger partial charge in [-0.3, -0.25) is 20.3 Å². The van der Waals surface area contributed by atoms with Gasteiger partial charge in [0, 0.05) is 42.3 Å². The Kier molecular flexibility index (Phi) is 10.2. The standard InChI is InChI=1S/C34H48N8O3/c1-6-29(43)35-24-14-12-23(13-15-24)32(44)37-26-18-16-25(17-19-26)36-31-27-20-42(34(2,3)30(27)39-40-31)33(45)38-28(21-41(4)5)22-10-8-7-9-11-22/h6-15,25-28,30-31,36,39-40H,1,16-21H2,2-5H3,(H,35,43)(H,37,44)(H,38,45)/t25?,26?,27?,28-,30?,31?/m1/s1. The van der Waals surface area contributed by atoms with Gasteiger partial charge in [-0.05, 0) is 89.5 Å². The second-order valence-corrected chi connectivity index (χ2v) is 13.3. The van der Waals surface area contributed by atoms with Crippen molar-refractivity contribution in [2.45, 2.75) is 75.4 Å². The van der Waals surface area contributed by atoms with Crippen LogP contribution in [0, 0.1) is 5.92 Å². The highest BCUT2D eigenvalue weighted by molar-refractivity contribution is 5.99. The Morgan fingerprint density at radius 3 is 2.31 bits per heavy atom. The van der Waals surface area contributed by atoms with Crippen molar-refractivity contribution in [2.75, 3.05) is 32.5 Å². The average Bonchev–Trinajstić information content (AvgIpc) is 3.55. The van der Waals surface area contributed by atoms with E-state index in [9.17, 15) is 14.4 Å². The molecule has 6 N–H and O–H groups in total. The summed E-state index contributed by atoms with van der Waals surface area (Å²) < 4.78 is 0. The summed E-state index contributed by atoms with van der Waals surface area (Å²) in [6.07, 6.45) is 4.92. The molecule has 3 unspecified atom stereocenters. The zero-order valence-electron chi connectivity index (χ0n) is 26.8. The maximum absolute atomic E-state index is 13.7. The second kappa shape index (κ2) is 14.1. The molecule has 1 saturated carbocycles. The number of hydrazine groups is 1. The number of nitrogens with zero attached hydrogens (tertiary/aromatic N) is 2. The first kappa shape index (κ1) is 32.6. The van der Waals surface area contributed by atoms with Gasteiger partial charge >= 0.3 is 6.03 Å². The molecule has 3 fully saturated rings. The fraction of sp³-hybridized carbons (Fsp3) is 0.500. The highest BCUT2D eigenvalue weighted by atomic mass is 16.2. The Morgan fingerprint density at radius 1 is 1.00 bits per heavy atom. The van der Waals surface area contributed by atoms with Gasteiger partial charge in [-0.15, -0.1) is 0 Å². The fourth-order valence-electron chi connectivity index (χ4n) is 6.96. The Bertz CT molecular complexity index is 1340. The topological polar surface area (TPSA) is 130 Å². The van der Waals surface area contributed by atoms with Crippen molar-refractivity contribution in [3.8, 4) is 0 Å². The number of rotatable bonds is 10. The largest absolute Gasteiger partial charge is 0.349 e. The maximum atomic E-state index is 13.7. The third kappa shape index (κ3) is 7.73. The van der Waals surface area contributed by atoms with Crippen LogP contribution >= 0.6 is 0 Å². The van der Waals surface area contributed by atoms with Gasteiger partial charge in [-0.2, -0.15) is 0 Å². The van der Waals surface area contributed by atoms with E-state index < -0.39 is 0 Å². The summed E-state index contributed by atoms with van der Waals surface area (Å²) in [6.45, 7) is 9.08. The molecule has 0 radical (unpaired) electrons. The zero-order valence-corrected chi connectivity index (χ0v) is 26.8. The molecule has 2 saturated heterocycles. The summed E-state index contributed by atoms with van der Waals surface area (Å²) in [6, 6.07) is 17.4. The van der Waals surface area contributed by atoms with E-state index in [1.54, 1.807) is 24.3 Å². The average molecular weight is 617 g/mol. The normalized spacial score (nSPS) is 26.2. The van der Waals surface area contributed by atoms with Crippen molar-refractivity contribution in [3.63, 3.8) is 0 Å². The van der Waals surface area contributed by atoms with Gasteiger partial charge in [-0.1, -0.05) is 36.9 Å². The van der Waals surface area contributed by atoms with Gasteiger partial charge in [0.2, 0.25) is 5.91 Å². The van der Waals surface area contributed by atoms with Crippen LogP contribution in [0.1, 0.15) is 61.5 Å². The predicted octanol–water partition coefficient (Wildman–Crippen LogP) is 2.97. The van der Waals surface area contributed by atoms with Crippen LogP contribution in [0.4, 0.5) is 10.5 Å². The summed E-state index contributed by atoms with van der Waals surface area (Å²) in [5, 5.41) is 13.0. The number of likely N-dealkylation sites (tertiary alicyclic amines) is 1. The number of hydrogen-bond acceptors (Lipinski definition) is 7. The summed E-state index contributed by atoms with van der Waals surface area (Å²) in [7, 11) is 4.04. The first-order valence-electron chi connectivity index (χ1n) is 15.9. The maximum Gasteiger partial charge on any atom is 0.318 e. The lowest BCUT2D eigenvalue weighted by atomic mass is 9.88. The highest BCUT2D eigenvalue weighted by Gasteiger charge is 2.55. The van der Waals surface area contributed by atoms with E-state index in [0.29, 0.717) is 30.4 Å². The van der Waals surface area contributed by atoms with Crippen molar-refractivity contribution in [2.24, 2.45) is 5.92 Å². The number of urea groups is 1. The Balaban J connectivity index is 1.12. The van der Waals surface area contributed by atoms with Crippen LogP contribution in [0.15, 0.2) is 67.3 Å². The number of carbonyl (C=O) groups is 3. The molecule has 0 spiro atoms. The summed E-state index contributed by atoms with van der Waals surface area (Å²) in [5.41, 5.74) is 8.86. The minimum Gasteiger partial charge on any atom is -0.349 e. The Morgan fingerprint density at radius 2 is 1.67 bits per heavy atom. The van der Waals surface area contributed by atoms with Crippen LogP contribution in [0.25, 0.3) is 0 Å². The van der Waals surface area contributed by atoms with Crippen LogP contribution < -0.4 is 32.1 Å². The molecule has 3 aliphatic rings. The van der Waals surface area contributed by atoms with E-state index in [2.05, 4.69) is 69.6 Å². The third-order valence-electron chi connectivity index (χ3n) is 9.47. The molecule has 45 heavy (non-hydrogen) atoms. The minimum atomic E-state index is -0.380. The van der Waals surface area contributed by atoms with Crippen LogP contribution in [-0.2, 0) is 4.79 Å². The van der Waals surface area contributed by atoms with Crippen molar-refractivity contribution < 1.29 is 14.4 Å². The van der Waals surface area contributed by atoms with Gasteiger partial charge in [0.15, 0.2) is 0 Å². The van der Waals surface area contributed by atoms with Crippen molar-refractivity contribution >= 4 is 23.5 Å². The smallest absolute Gasteiger partial charge is 0.318 e. The zero-order chi connectivity index (χ0) is 32.1. The SMILES string of the molecule is C=CC(=O)Nc1ccc(C(=O)NC2CCC(NC3NNC4C3CN(C(=O)N[C@H](CN(C)C)c3ccccc3)C4(C)C)CC2)cc1. The molecule has 5 rings (SSSR count). The van der Waals surface area contributed by atoms with Crippen LogP contribution in [0.5, 0.6) is 0 Å². The highest BCUT2D eigenvalue weighted by Crippen LogP contribution is 2.37. The molecular weight excluding hydrogens is 568 g/mol. The minimum absolute atomic E-state index is 0.0370. The number of hydrogen-bond donors (Lipinski definition) is 6. The summed E-state index contributed by atoms with van der Waals surface area (Å²) in [5.74, 6) is -0.181. The van der Waals surface area contributed by atoms with Gasteiger partial charge in [0.05, 0.1) is 23.8 Å². The van der Waals surface area contributed by atoms with Crippen molar-refractivity contribution in [1.29, 1.82) is 0 Å². The molecule has 242 valence electrons. The van der Waals surface area contributed by atoms with E-state index in [-0.39, 0.29) is 53.6 Å². The van der Waals surface area contributed by atoms with Gasteiger partial charge in [0.25, 0.3) is 5.91 Å². The lowest BCUT2D eigenvalue weighted by molar-refractivity contribution is -0.111. The number of amides is 4. The molecule has 1 aliphatic carbocycles. The van der Waals surface area contributed by atoms with E-state index in [4.69, 9.17) is 0 Å². The van der Waals surface area contributed by atoms with Gasteiger partial charge in [0.1, 0.15) is 0 Å². The molecule has 2 aromatic carbocycles.